The van der Waals surface area contributed by atoms with Gasteiger partial charge in [0.2, 0.25) is 0 Å². The number of fused-ring (bicyclic) bond motifs is 16. The quantitative estimate of drug-likeness (QED) is 0.157. The highest BCUT2D eigenvalue weighted by Gasteiger charge is 2.52. The second-order valence-electron chi connectivity index (χ2n) is 16.7. The van der Waals surface area contributed by atoms with Crippen LogP contribution in [0.2, 0.25) is 0 Å². The Kier molecular flexibility index (Phi) is 7.59. The van der Waals surface area contributed by atoms with Crippen LogP contribution in [0.25, 0.3) is 76.8 Å². The van der Waals surface area contributed by atoms with E-state index in [4.69, 9.17) is 0 Å². The van der Waals surface area contributed by atoms with E-state index in [0.29, 0.717) is 0 Å². The Bertz CT molecular complexity index is 3480. The molecule has 1 heteroatoms. The zero-order valence-electron chi connectivity index (χ0n) is 34.0. The van der Waals surface area contributed by atoms with E-state index in [1.165, 1.54) is 99.1 Å². The molecule has 0 saturated carbocycles. The van der Waals surface area contributed by atoms with E-state index < -0.39 is 5.41 Å². The second-order valence-corrected chi connectivity index (χ2v) is 16.7. The maximum Gasteiger partial charge on any atom is 0.0726 e. The molecule has 0 N–H and O–H groups in total. The van der Waals surface area contributed by atoms with E-state index in [-0.39, 0.29) is 0 Å². The van der Waals surface area contributed by atoms with Gasteiger partial charge in [-0.1, -0.05) is 200 Å². The molecule has 62 heavy (non-hydrogen) atoms. The van der Waals surface area contributed by atoms with Crippen molar-refractivity contribution < 1.29 is 0 Å². The van der Waals surface area contributed by atoms with Crippen LogP contribution in [0.3, 0.4) is 0 Å². The predicted octanol–water partition coefficient (Wildman–Crippen LogP) is 16.3. The Balaban J connectivity index is 1.14. The molecule has 1 spiro atoms. The van der Waals surface area contributed by atoms with Crippen LogP contribution in [-0.2, 0) is 5.41 Å². The summed E-state index contributed by atoms with van der Waals surface area (Å²) in [4.78, 5) is 2.51. The molecule has 0 heterocycles. The molecule has 288 valence electrons. The monoisotopic (exact) mass is 785 g/mol. The van der Waals surface area contributed by atoms with Crippen LogP contribution in [0.1, 0.15) is 22.3 Å². The van der Waals surface area contributed by atoms with Crippen molar-refractivity contribution >= 4 is 49.4 Å². The number of anilines is 3. The van der Waals surface area contributed by atoms with Gasteiger partial charge >= 0.3 is 0 Å². The fourth-order valence-corrected chi connectivity index (χ4v) is 11.1. The normalized spacial score (nSPS) is 13.0. The third-order valence-electron chi connectivity index (χ3n) is 13.7. The third kappa shape index (κ3) is 4.91. The lowest BCUT2D eigenvalue weighted by Crippen LogP contribution is -2.26. The smallest absolute Gasteiger partial charge is 0.0726 e. The molecule has 11 aromatic carbocycles. The van der Waals surface area contributed by atoms with E-state index in [1.807, 2.05) is 0 Å². The maximum absolute atomic E-state index is 2.55. The van der Waals surface area contributed by atoms with Gasteiger partial charge in [0.05, 0.1) is 11.1 Å². The second kappa shape index (κ2) is 13.5. The zero-order chi connectivity index (χ0) is 40.8. The average molecular weight is 786 g/mol. The van der Waals surface area contributed by atoms with E-state index >= 15 is 0 Å². The first-order valence-corrected chi connectivity index (χ1v) is 21.6. The lowest BCUT2D eigenvalue weighted by molar-refractivity contribution is 0.794. The fourth-order valence-electron chi connectivity index (χ4n) is 11.1. The third-order valence-corrected chi connectivity index (χ3v) is 13.7. The molecule has 2 aliphatic carbocycles. The van der Waals surface area contributed by atoms with Gasteiger partial charge in [0.25, 0.3) is 0 Å². The minimum absolute atomic E-state index is 0.482. The summed E-state index contributed by atoms with van der Waals surface area (Å²) in [6, 6.07) is 88.0. The van der Waals surface area contributed by atoms with Gasteiger partial charge in [-0.3, -0.25) is 0 Å². The van der Waals surface area contributed by atoms with Gasteiger partial charge in [0, 0.05) is 16.9 Å². The summed E-state index contributed by atoms with van der Waals surface area (Å²) in [5.74, 6) is 0. The summed E-state index contributed by atoms with van der Waals surface area (Å²) in [7, 11) is 0. The van der Waals surface area contributed by atoms with Crippen LogP contribution in [0, 0.1) is 0 Å². The first-order chi connectivity index (χ1) is 30.8. The molecule has 0 atom stereocenters. The number of nitrogens with zero attached hydrogens (tertiary/aromatic N) is 1. The Morgan fingerprint density at radius 3 is 1.26 bits per heavy atom. The maximum atomic E-state index is 2.55. The lowest BCUT2D eigenvalue weighted by atomic mass is 9.70. The Labute approximate surface area is 361 Å². The van der Waals surface area contributed by atoms with Crippen molar-refractivity contribution in [1.29, 1.82) is 0 Å². The Morgan fingerprint density at radius 2 is 0.677 bits per heavy atom. The highest BCUT2D eigenvalue weighted by atomic mass is 15.1. The van der Waals surface area contributed by atoms with Crippen molar-refractivity contribution in [1.82, 2.24) is 0 Å². The van der Waals surface area contributed by atoms with Crippen LogP contribution in [0.4, 0.5) is 17.1 Å². The van der Waals surface area contributed by atoms with Crippen molar-refractivity contribution in [2.24, 2.45) is 0 Å². The van der Waals surface area contributed by atoms with E-state index in [0.717, 1.165) is 17.1 Å². The van der Waals surface area contributed by atoms with E-state index in [2.05, 4.69) is 241 Å². The number of rotatable bonds is 5. The van der Waals surface area contributed by atoms with Crippen LogP contribution in [0.5, 0.6) is 0 Å². The van der Waals surface area contributed by atoms with Crippen LogP contribution in [-0.4, -0.2) is 0 Å². The van der Waals surface area contributed by atoms with Gasteiger partial charge in [-0.15, -0.1) is 0 Å². The summed E-state index contributed by atoms with van der Waals surface area (Å²) >= 11 is 0. The van der Waals surface area contributed by atoms with Crippen molar-refractivity contribution in [3.63, 3.8) is 0 Å². The summed E-state index contributed by atoms with van der Waals surface area (Å²) in [6.45, 7) is 0. The first kappa shape index (κ1) is 34.8. The standard InChI is InChI=1S/C61H39N/c1-3-17-40(18-4-1)41-31-33-42(34-32-41)53-38-55-52-27-13-16-30-58(52)61(56-28-14-11-25-50(56)51-26-12-15-29-57(51)61)59(55)39-60(53)62(43-19-5-2-6-20-43)44-35-36-49-47-23-8-7-21-45(47)46-22-9-10-24-48(46)54(49)37-44/h1-39H. The molecule has 0 amide bonds. The molecular weight excluding hydrogens is 747 g/mol. The summed E-state index contributed by atoms with van der Waals surface area (Å²) in [5, 5.41) is 7.59. The SMILES string of the molecule is c1ccc(-c2ccc(-c3cc4c(cc3N(c3ccccc3)c3ccc5c6ccccc6c6ccccc6c5c3)C3(c5ccccc5-c5ccccc53)c3ccccc3-4)cc2)cc1. The molecule has 2 aliphatic rings. The molecule has 11 aromatic rings. The molecule has 0 aliphatic heterocycles. The molecule has 0 fully saturated rings. The molecule has 0 bridgehead atoms. The van der Waals surface area contributed by atoms with E-state index in [1.54, 1.807) is 0 Å². The number of benzene rings is 11. The molecule has 0 unspecified atom stereocenters. The number of hydrogen-bond acceptors (Lipinski definition) is 1. The first-order valence-electron chi connectivity index (χ1n) is 21.6. The van der Waals surface area contributed by atoms with E-state index in [9.17, 15) is 0 Å². The topological polar surface area (TPSA) is 3.24 Å². The molecular formula is C61H39N. The molecule has 0 radical (unpaired) electrons. The Hall–Kier alpha value is -8.00. The summed E-state index contributed by atoms with van der Waals surface area (Å²) < 4.78 is 0. The van der Waals surface area contributed by atoms with Gasteiger partial charge in [-0.25, -0.2) is 0 Å². The van der Waals surface area contributed by atoms with Crippen molar-refractivity contribution in [3.8, 4) is 44.5 Å². The predicted molar refractivity (Wildman–Crippen MR) is 261 cm³/mol. The Morgan fingerprint density at radius 1 is 0.242 bits per heavy atom. The van der Waals surface area contributed by atoms with Gasteiger partial charge < -0.3 is 4.90 Å². The minimum atomic E-state index is -0.482. The molecule has 0 aromatic heterocycles. The number of hydrogen-bond donors (Lipinski definition) is 0. The van der Waals surface area contributed by atoms with Crippen molar-refractivity contribution in [2.75, 3.05) is 4.90 Å². The zero-order valence-corrected chi connectivity index (χ0v) is 34.0. The van der Waals surface area contributed by atoms with Crippen LogP contribution >= 0.6 is 0 Å². The fraction of sp³-hybridized carbons (Fsp3) is 0.0164. The van der Waals surface area contributed by atoms with Gasteiger partial charge in [0.1, 0.15) is 0 Å². The lowest BCUT2D eigenvalue weighted by Gasteiger charge is -2.33. The summed E-state index contributed by atoms with van der Waals surface area (Å²) in [5.41, 5.74) is 18.2. The van der Waals surface area contributed by atoms with Crippen molar-refractivity contribution in [3.05, 3.63) is 259 Å². The minimum Gasteiger partial charge on any atom is -0.310 e. The molecule has 13 rings (SSSR count). The molecule has 1 nitrogen and oxygen atoms in total. The average Bonchev–Trinajstić information content (AvgIpc) is 3.81. The highest BCUT2D eigenvalue weighted by Crippen LogP contribution is 2.64. The molecule has 0 saturated heterocycles. The number of para-hydroxylation sites is 1. The van der Waals surface area contributed by atoms with Gasteiger partial charge in [-0.2, -0.15) is 0 Å². The van der Waals surface area contributed by atoms with Crippen LogP contribution < -0.4 is 4.90 Å². The van der Waals surface area contributed by atoms with Crippen molar-refractivity contribution in [2.45, 2.75) is 5.41 Å². The highest BCUT2D eigenvalue weighted by molar-refractivity contribution is 6.26. The largest absolute Gasteiger partial charge is 0.310 e. The van der Waals surface area contributed by atoms with Crippen LogP contribution in [0.15, 0.2) is 237 Å². The van der Waals surface area contributed by atoms with Gasteiger partial charge in [0.15, 0.2) is 0 Å². The van der Waals surface area contributed by atoms with Gasteiger partial charge in [-0.05, 0) is 130 Å². The summed E-state index contributed by atoms with van der Waals surface area (Å²) in [6.07, 6.45) is 0.